The third-order valence-corrected chi connectivity index (χ3v) is 7.88. The predicted molar refractivity (Wildman–Crippen MR) is 163 cm³/mol. The molecule has 10 heteroatoms. The van der Waals surface area contributed by atoms with Crippen LogP contribution < -0.4 is 10.1 Å². The van der Waals surface area contributed by atoms with E-state index in [0.717, 1.165) is 18.4 Å². The van der Waals surface area contributed by atoms with Crippen molar-refractivity contribution in [3.63, 3.8) is 0 Å². The van der Waals surface area contributed by atoms with Crippen LogP contribution in [0.5, 0.6) is 5.75 Å². The molecule has 0 radical (unpaired) electrons. The van der Waals surface area contributed by atoms with Gasteiger partial charge in [0.1, 0.15) is 11.4 Å². The van der Waals surface area contributed by atoms with E-state index in [4.69, 9.17) is 25.9 Å². The third-order valence-electron chi connectivity index (χ3n) is 7.55. The number of hydrogen-bond donors (Lipinski definition) is 2. The van der Waals surface area contributed by atoms with Gasteiger partial charge in [-0.1, -0.05) is 49.7 Å². The number of ether oxygens (including phenoxy) is 1. The van der Waals surface area contributed by atoms with E-state index in [9.17, 15) is 14.4 Å². The number of halogens is 1. The van der Waals surface area contributed by atoms with E-state index in [1.54, 1.807) is 54.5 Å². The van der Waals surface area contributed by atoms with Crippen LogP contribution in [-0.2, 0) is 0 Å². The molecule has 0 bridgehead atoms. The minimum atomic E-state index is -0.958. The Morgan fingerprint density at radius 2 is 1.77 bits per heavy atom. The Hall–Kier alpha value is -4.63. The lowest BCUT2D eigenvalue weighted by atomic mass is 9.89. The molecule has 1 aliphatic heterocycles. The fraction of sp³-hybridized carbons (Fsp3) is 0.273. The molecule has 0 unspecified atom stereocenters. The van der Waals surface area contributed by atoms with E-state index in [1.807, 2.05) is 38.1 Å². The number of nitrogens with one attached hydrogen (secondary N) is 1. The Kier molecular flexibility index (Phi) is 8.82. The van der Waals surface area contributed by atoms with Crippen LogP contribution in [0, 0.1) is 0 Å². The first-order valence-electron chi connectivity index (χ1n) is 14.0. The zero-order valence-corrected chi connectivity index (χ0v) is 24.9. The minimum absolute atomic E-state index is 0.0427. The number of nitrogens with zero attached hydrogens (tertiary/aromatic N) is 2. The Morgan fingerprint density at radius 3 is 2.42 bits per heavy atom. The second kappa shape index (κ2) is 12.7. The van der Waals surface area contributed by atoms with Crippen molar-refractivity contribution in [1.82, 2.24) is 9.88 Å². The van der Waals surface area contributed by atoms with Gasteiger partial charge >= 0.3 is 5.97 Å². The van der Waals surface area contributed by atoms with Crippen molar-refractivity contribution in [3.05, 3.63) is 100 Å². The van der Waals surface area contributed by atoms with Gasteiger partial charge in [0, 0.05) is 30.3 Å². The van der Waals surface area contributed by atoms with Gasteiger partial charge < -0.3 is 24.5 Å². The van der Waals surface area contributed by atoms with Crippen LogP contribution in [0.1, 0.15) is 81.2 Å². The molecular formula is C33H32ClN3O6. The smallest absolute Gasteiger partial charge is 0.335 e. The summed E-state index contributed by atoms with van der Waals surface area (Å²) in [5.74, 6) is -0.398. The summed E-state index contributed by atoms with van der Waals surface area (Å²) in [6, 6.07) is 18.9. The highest BCUT2D eigenvalue weighted by Crippen LogP contribution is 2.32. The second-order valence-corrected chi connectivity index (χ2v) is 11.2. The molecule has 0 atom stereocenters. The molecule has 5 rings (SSSR count). The van der Waals surface area contributed by atoms with E-state index in [2.05, 4.69) is 10.3 Å². The van der Waals surface area contributed by atoms with Crippen LogP contribution in [0.3, 0.4) is 0 Å². The number of rotatable bonds is 8. The highest BCUT2D eigenvalue weighted by molar-refractivity contribution is 6.34. The van der Waals surface area contributed by atoms with Gasteiger partial charge in [-0.2, -0.15) is 0 Å². The first-order valence-corrected chi connectivity index (χ1v) is 14.4. The van der Waals surface area contributed by atoms with Gasteiger partial charge in [0.2, 0.25) is 5.76 Å². The van der Waals surface area contributed by atoms with Crippen molar-refractivity contribution in [2.45, 2.75) is 38.5 Å². The zero-order chi connectivity index (χ0) is 30.7. The molecule has 2 amide bonds. The summed E-state index contributed by atoms with van der Waals surface area (Å²) in [5, 5.41) is 12.3. The van der Waals surface area contributed by atoms with Crippen LogP contribution in [0.2, 0.25) is 5.02 Å². The number of amides is 2. The molecule has 1 aromatic heterocycles. The molecule has 0 saturated carbocycles. The van der Waals surface area contributed by atoms with Gasteiger partial charge in [-0.05, 0) is 66.8 Å². The molecule has 1 fully saturated rings. The van der Waals surface area contributed by atoms with Crippen molar-refractivity contribution in [2.24, 2.45) is 0 Å². The average molecular weight is 602 g/mol. The normalized spacial score (nSPS) is 13.7. The Morgan fingerprint density at radius 1 is 1.05 bits per heavy atom. The number of oxazole rings is 1. The molecule has 9 nitrogen and oxygen atoms in total. The number of carbonyl (C=O) groups excluding carboxylic acids is 2. The molecule has 2 N–H and O–H groups in total. The lowest BCUT2D eigenvalue weighted by molar-refractivity contribution is 0.0691. The summed E-state index contributed by atoms with van der Waals surface area (Å²) in [6.07, 6.45) is 1.48. The van der Waals surface area contributed by atoms with Crippen molar-refractivity contribution < 1.29 is 28.6 Å². The van der Waals surface area contributed by atoms with Gasteiger partial charge in [0.25, 0.3) is 11.8 Å². The lowest BCUT2D eigenvalue weighted by Gasteiger charge is -2.32. The topological polar surface area (TPSA) is 122 Å². The van der Waals surface area contributed by atoms with E-state index in [1.165, 1.54) is 0 Å². The number of carbonyl (C=O) groups is 3. The van der Waals surface area contributed by atoms with Gasteiger partial charge in [-0.3, -0.25) is 9.59 Å². The summed E-state index contributed by atoms with van der Waals surface area (Å²) < 4.78 is 11.2. The maximum atomic E-state index is 13.5. The van der Waals surface area contributed by atoms with E-state index < -0.39 is 11.9 Å². The number of aromatic carboxylic acids is 1. The Balaban J connectivity index is 1.31. The number of benzene rings is 3. The molecule has 3 aromatic carbocycles. The van der Waals surface area contributed by atoms with E-state index in [0.29, 0.717) is 41.7 Å². The van der Waals surface area contributed by atoms with Crippen LogP contribution in [0.15, 0.2) is 71.1 Å². The molecule has 2 heterocycles. The predicted octanol–water partition coefficient (Wildman–Crippen LogP) is 7.10. The average Bonchev–Trinajstić information content (AvgIpc) is 3.48. The fourth-order valence-electron chi connectivity index (χ4n) is 5.14. The van der Waals surface area contributed by atoms with Crippen molar-refractivity contribution in [2.75, 3.05) is 25.5 Å². The standard InChI is InChI=1S/C33H32ClN3O6/c1-19(2)31-36-28(23-5-4-6-25(17-23)42-3)29(43-31)30(38)35-24-11-12-27(34)26(18-24)32(39)37-15-13-21(14-16-37)20-7-9-22(10-8-20)33(40)41/h4-12,17-19,21H,13-16H2,1-3H3,(H,35,38)(H,40,41). The summed E-state index contributed by atoms with van der Waals surface area (Å²) in [5.41, 5.74) is 3.06. The first kappa shape index (κ1) is 29.8. The van der Waals surface area contributed by atoms with Crippen LogP contribution >= 0.6 is 11.6 Å². The second-order valence-electron chi connectivity index (χ2n) is 10.8. The monoisotopic (exact) mass is 601 g/mol. The largest absolute Gasteiger partial charge is 0.497 e. The molecule has 43 heavy (non-hydrogen) atoms. The highest BCUT2D eigenvalue weighted by atomic mass is 35.5. The summed E-state index contributed by atoms with van der Waals surface area (Å²) >= 11 is 6.45. The lowest BCUT2D eigenvalue weighted by Crippen LogP contribution is -2.38. The van der Waals surface area contributed by atoms with Crippen molar-refractivity contribution >= 4 is 35.1 Å². The molecule has 0 spiro atoms. The van der Waals surface area contributed by atoms with Crippen LogP contribution in [-0.4, -0.2) is 53.0 Å². The number of aromatic nitrogens is 1. The molecule has 1 saturated heterocycles. The van der Waals surface area contributed by atoms with E-state index in [-0.39, 0.29) is 39.7 Å². The van der Waals surface area contributed by atoms with Gasteiger partial charge in [-0.15, -0.1) is 0 Å². The van der Waals surface area contributed by atoms with Gasteiger partial charge in [-0.25, -0.2) is 9.78 Å². The third kappa shape index (κ3) is 6.57. The molecule has 0 aliphatic carbocycles. The number of piperidine rings is 1. The number of hydrogen-bond acceptors (Lipinski definition) is 6. The van der Waals surface area contributed by atoms with E-state index >= 15 is 0 Å². The van der Waals surface area contributed by atoms with Crippen molar-refractivity contribution in [3.8, 4) is 17.0 Å². The van der Waals surface area contributed by atoms with Crippen molar-refractivity contribution in [1.29, 1.82) is 0 Å². The number of carboxylic acids is 1. The quantitative estimate of drug-likeness (QED) is 0.221. The molecule has 222 valence electrons. The fourth-order valence-corrected chi connectivity index (χ4v) is 5.34. The summed E-state index contributed by atoms with van der Waals surface area (Å²) in [7, 11) is 1.57. The summed E-state index contributed by atoms with van der Waals surface area (Å²) in [6.45, 7) is 4.91. The maximum absolute atomic E-state index is 13.5. The highest BCUT2D eigenvalue weighted by Gasteiger charge is 2.27. The maximum Gasteiger partial charge on any atom is 0.335 e. The Bertz CT molecular complexity index is 1660. The minimum Gasteiger partial charge on any atom is -0.497 e. The molecule has 1 aliphatic rings. The number of carboxylic acid groups (broad SMARTS) is 1. The van der Waals surface area contributed by atoms with Crippen LogP contribution in [0.4, 0.5) is 5.69 Å². The zero-order valence-electron chi connectivity index (χ0n) is 24.1. The van der Waals surface area contributed by atoms with Gasteiger partial charge in [0.05, 0.1) is 23.3 Å². The number of methoxy groups -OCH3 is 1. The first-order chi connectivity index (χ1) is 20.6. The Labute approximate surface area is 254 Å². The van der Waals surface area contributed by atoms with Gasteiger partial charge in [0.15, 0.2) is 5.89 Å². The molecular weight excluding hydrogens is 570 g/mol. The number of anilines is 1. The van der Waals surface area contributed by atoms with Crippen LogP contribution in [0.25, 0.3) is 11.3 Å². The molecule has 4 aromatic rings. The summed E-state index contributed by atoms with van der Waals surface area (Å²) in [4.78, 5) is 44.4. The number of likely N-dealkylation sites (tertiary alicyclic amines) is 1. The SMILES string of the molecule is COc1cccc(-c2nc(C(C)C)oc2C(=O)Nc2ccc(Cl)c(C(=O)N3CCC(c4ccc(C(=O)O)cc4)CC3)c2)c1.